The molecular weight excluding hydrogens is 216 g/mol. The average molecular weight is 234 g/mol. The molecule has 0 aromatic carbocycles. The molecule has 1 amide bonds. The number of nitrogens with one attached hydrogen (secondary N) is 1. The summed E-state index contributed by atoms with van der Waals surface area (Å²) in [6.07, 6.45) is -1.66. The lowest BCUT2D eigenvalue weighted by molar-refractivity contribution is -0.145. The summed E-state index contributed by atoms with van der Waals surface area (Å²) in [6.45, 7) is 1.45. The number of hydrogen-bond donors (Lipinski definition) is 4. The van der Waals surface area contributed by atoms with Crippen molar-refractivity contribution in [2.75, 3.05) is 13.7 Å². The van der Waals surface area contributed by atoms with E-state index >= 15 is 0 Å². The minimum atomic E-state index is -1.32. The van der Waals surface area contributed by atoms with Crippen LogP contribution in [0.1, 0.15) is 13.3 Å². The number of carboxylic acids is 1. The molecular formula is C9H18N2O5. The Kier molecular flexibility index (Phi) is 6.63. The fraction of sp³-hybridized carbons (Fsp3) is 0.778. The van der Waals surface area contributed by atoms with Gasteiger partial charge >= 0.3 is 5.97 Å². The number of nitrogens with two attached hydrogens (primary N) is 1. The first kappa shape index (κ1) is 14.8. The van der Waals surface area contributed by atoms with E-state index in [-0.39, 0.29) is 13.0 Å². The Bertz CT molecular complexity index is 240. The summed E-state index contributed by atoms with van der Waals surface area (Å²) >= 11 is 0. The predicted molar refractivity (Wildman–Crippen MR) is 55.7 cm³/mol. The molecule has 0 saturated heterocycles. The number of ether oxygens (including phenoxy) is 1. The molecule has 0 aromatic heterocycles. The van der Waals surface area contributed by atoms with Crippen LogP contribution in [0.25, 0.3) is 0 Å². The van der Waals surface area contributed by atoms with Crippen molar-refractivity contribution in [3.8, 4) is 0 Å². The smallest absolute Gasteiger partial charge is 0.328 e. The average Bonchev–Trinajstić information content (AvgIpc) is 2.21. The van der Waals surface area contributed by atoms with E-state index in [0.717, 1.165) is 0 Å². The van der Waals surface area contributed by atoms with Crippen molar-refractivity contribution in [2.45, 2.75) is 31.6 Å². The summed E-state index contributed by atoms with van der Waals surface area (Å²) in [5.74, 6) is -1.81. The molecule has 5 N–H and O–H groups in total. The number of carboxylic acid groups (broad SMARTS) is 1. The van der Waals surface area contributed by atoms with Gasteiger partial charge in [0.15, 0.2) is 6.04 Å². The highest BCUT2D eigenvalue weighted by atomic mass is 16.5. The molecule has 3 unspecified atom stereocenters. The Morgan fingerprint density at radius 1 is 1.50 bits per heavy atom. The van der Waals surface area contributed by atoms with Crippen LogP contribution in [0.5, 0.6) is 0 Å². The zero-order chi connectivity index (χ0) is 12.7. The van der Waals surface area contributed by atoms with E-state index in [9.17, 15) is 9.59 Å². The van der Waals surface area contributed by atoms with Crippen LogP contribution in [0.2, 0.25) is 0 Å². The summed E-state index contributed by atoms with van der Waals surface area (Å²) in [5, 5.41) is 20.0. The van der Waals surface area contributed by atoms with Gasteiger partial charge in [-0.2, -0.15) is 0 Å². The molecule has 0 bridgehead atoms. The SMILES string of the molecule is COC(CN)CC(=O)NC(C(=O)O)C(C)O. The minimum absolute atomic E-state index is 0.0382. The van der Waals surface area contributed by atoms with Crippen LogP contribution >= 0.6 is 0 Å². The largest absolute Gasteiger partial charge is 0.480 e. The van der Waals surface area contributed by atoms with Crippen LogP contribution in [-0.4, -0.2) is 54.0 Å². The highest BCUT2D eigenvalue weighted by Crippen LogP contribution is 1.98. The molecule has 0 aromatic rings. The van der Waals surface area contributed by atoms with Crippen LogP contribution in [0, 0.1) is 0 Å². The lowest BCUT2D eigenvalue weighted by Crippen LogP contribution is -2.48. The lowest BCUT2D eigenvalue weighted by Gasteiger charge is -2.18. The Labute approximate surface area is 93.6 Å². The molecule has 0 rings (SSSR count). The molecule has 0 heterocycles. The summed E-state index contributed by atoms with van der Waals surface area (Å²) in [6, 6.07) is -1.32. The summed E-state index contributed by atoms with van der Waals surface area (Å²) in [7, 11) is 1.41. The van der Waals surface area contributed by atoms with E-state index in [0.29, 0.717) is 0 Å². The molecule has 0 aliphatic heterocycles. The molecule has 0 aliphatic carbocycles. The second kappa shape index (κ2) is 7.15. The van der Waals surface area contributed by atoms with Crippen molar-refractivity contribution >= 4 is 11.9 Å². The van der Waals surface area contributed by atoms with Gasteiger partial charge in [0.05, 0.1) is 18.6 Å². The van der Waals surface area contributed by atoms with E-state index in [4.69, 9.17) is 20.7 Å². The second-order valence-electron chi connectivity index (χ2n) is 3.42. The van der Waals surface area contributed by atoms with Crippen molar-refractivity contribution in [3.63, 3.8) is 0 Å². The number of rotatable bonds is 7. The second-order valence-corrected chi connectivity index (χ2v) is 3.42. The monoisotopic (exact) mass is 234 g/mol. The molecule has 3 atom stereocenters. The molecule has 7 nitrogen and oxygen atoms in total. The van der Waals surface area contributed by atoms with Crippen LogP contribution in [0.15, 0.2) is 0 Å². The number of carbonyl (C=O) groups excluding carboxylic acids is 1. The highest BCUT2D eigenvalue weighted by molar-refractivity contribution is 5.84. The van der Waals surface area contributed by atoms with Crippen molar-refractivity contribution < 1.29 is 24.5 Å². The number of aliphatic carboxylic acids is 1. The van der Waals surface area contributed by atoms with E-state index in [2.05, 4.69) is 5.32 Å². The number of methoxy groups -OCH3 is 1. The van der Waals surface area contributed by atoms with Crippen LogP contribution < -0.4 is 11.1 Å². The molecule has 94 valence electrons. The molecule has 0 saturated carbocycles. The maximum absolute atomic E-state index is 11.4. The van der Waals surface area contributed by atoms with Gasteiger partial charge in [-0.1, -0.05) is 0 Å². The summed E-state index contributed by atoms with van der Waals surface area (Å²) in [5.41, 5.74) is 5.31. The number of aliphatic hydroxyl groups is 1. The van der Waals surface area contributed by atoms with Crippen molar-refractivity contribution in [3.05, 3.63) is 0 Å². The van der Waals surface area contributed by atoms with Gasteiger partial charge in [0.1, 0.15) is 0 Å². The Hall–Kier alpha value is -1.18. The lowest BCUT2D eigenvalue weighted by atomic mass is 10.1. The van der Waals surface area contributed by atoms with E-state index < -0.39 is 30.1 Å². The van der Waals surface area contributed by atoms with Gasteiger partial charge in [-0.15, -0.1) is 0 Å². The molecule has 0 fully saturated rings. The van der Waals surface area contributed by atoms with Crippen molar-refractivity contribution in [1.29, 1.82) is 0 Å². The summed E-state index contributed by atoms with van der Waals surface area (Å²) in [4.78, 5) is 22.0. The number of aliphatic hydroxyl groups excluding tert-OH is 1. The predicted octanol–water partition coefficient (Wildman–Crippen LogP) is -1.70. The van der Waals surface area contributed by atoms with Crippen molar-refractivity contribution in [2.24, 2.45) is 5.73 Å². The van der Waals surface area contributed by atoms with Crippen LogP contribution in [0.3, 0.4) is 0 Å². The van der Waals surface area contributed by atoms with Gasteiger partial charge in [0.25, 0.3) is 0 Å². The van der Waals surface area contributed by atoms with E-state index in [1.54, 1.807) is 0 Å². The first-order valence-electron chi connectivity index (χ1n) is 4.85. The zero-order valence-electron chi connectivity index (χ0n) is 9.34. The van der Waals surface area contributed by atoms with Gasteiger partial charge in [-0.3, -0.25) is 4.79 Å². The first-order chi connectivity index (χ1) is 7.42. The quantitative estimate of drug-likeness (QED) is 0.416. The first-order valence-corrected chi connectivity index (χ1v) is 4.85. The van der Waals surface area contributed by atoms with Gasteiger partial charge in [-0.05, 0) is 6.92 Å². The van der Waals surface area contributed by atoms with E-state index in [1.807, 2.05) is 0 Å². The summed E-state index contributed by atoms with van der Waals surface area (Å²) < 4.78 is 4.88. The maximum Gasteiger partial charge on any atom is 0.328 e. The molecule has 0 radical (unpaired) electrons. The van der Waals surface area contributed by atoms with Crippen molar-refractivity contribution in [1.82, 2.24) is 5.32 Å². The molecule has 7 heteroatoms. The van der Waals surface area contributed by atoms with Gasteiger partial charge in [0, 0.05) is 13.7 Å². The topological polar surface area (TPSA) is 122 Å². The Morgan fingerprint density at radius 3 is 2.38 bits per heavy atom. The fourth-order valence-electron chi connectivity index (χ4n) is 1.09. The third-order valence-corrected chi connectivity index (χ3v) is 2.07. The molecule has 16 heavy (non-hydrogen) atoms. The Morgan fingerprint density at radius 2 is 2.06 bits per heavy atom. The Balaban J connectivity index is 4.25. The molecule has 0 aliphatic rings. The maximum atomic E-state index is 11.4. The standard InChI is InChI=1S/C9H18N2O5/c1-5(12)8(9(14)15)11-7(13)3-6(4-10)16-2/h5-6,8,12H,3-4,10H2,1-2H3,(H,11,13)(H,14,15). The minimum Gasteiger partial charge on any atom is -0.480 e. The fourth-order valence-corrected chi connectivity index (χ4v) is 1.09. The normalized spacial score (nSPS) is 16.2. The number of carbonyl (C=O) groups is 2. The number of hydrogen-bond acceptors (Lipinski definition) is 5. The van der Waals surface area contributed by atoms with Gasteiger partial charge in [0.2, 0.25) is 5.91 Å². The van der Waals surface area contributed by atoms with Crippen LogP contribution in [-0.2, 0) is 14.3 Å². The third kappa shape index (κ3) is 5.06. The van der Waals surface area contributed by atoms with Gasteiger partial charge < -0.3 is 26.0 Å². The third-order valence-electron chi connectivity index (χ3n) is 2.07. The van der Waals surface area contributed by atoms with Crippen LogP contribution in [0.4, 0.5) is 0 Å². The highest BCUT2D eigenvalue weighted by Gasteiger charge is 2.25. The zero-order valence-corrected chi connectivity index (χ0v) is 9.34. The van der Waals surface area contributed by atoms with E-state index in [1.165, 1.54) is 14.0 Å². The van der Waals surface area contributed by atoms with Gasteiger partial charge in [-0.25, -0.2) is 4.79 Å². The number of amides is 1. The molecule has 0 spiro atoms.